The molecular weight excluding hydrogens is 411 g/mol. The summed E-state index contributed by atoms with van der Waals surface area (Å²) in [6.07, 6.45) is -4.48. The Balaban J connectivity index is 0.00000225. The normalized spacial score (nSPS) is 31.9. The topological polar surface area (TPSA) is 235 Å². The number of carbonyl (C=O) groups is 1. The number of aliphatic imine (C=N–C) groups is 2. The van der Waals surface area contributed by atoms with Crippen molar-refractivity contribution in [3.63, 3.8) is 0 Å². The van der Waals surface area contributed by atoms with Crippen LogP contribution in [0.2, 0.25) is 0 Å². The van der Waals surface area contributed by atoms with E-state index < -0.39 is 56.9 Å². The second-order valence-electron chi connectivity index (χ2n) is 5.17. The summed E-state index contributed by atoms with van der Waals surface area (Å²) >= 11 is 0. The van der Waals surface area contributed by atoms with Crippen LogP contribution in [0.4, 0.5) is 0 Å². The number of hydrogen-bond donors (Lipinski definition) is 4. The number of nitrogens with one attached hydrogen (secondary N) is 2. The smallest absolute Gasteiger partial charge is 0.790 e. The number of carbonyl (C=O) groups excluding carboxylic acids is 1. The standard InChI is InChI=1S/C10H14N5O8P.2Na.H2O/c11-10-13-7-4(8(18)14-10)12-2-15(7)9-6(17)5(16)3(23-9)1-22-24(19,20)21;;;/h2-6,9,16-17H,1H2,(H2,11,14,18)(H2,19,20,21);;;1H2/q;2*+1;/p-2. The Hall–Kier alpha value is 0.230. The van der Waals surface area contributed by atoms with E-state index in [0.29, 0.717) is 0 Å². The van der Waals surface area contributed by atoms with Gasteiger partial charge < -0.3 is 39.3 Å². The Labute approximate surface area is 196 Å². The monoisotopic (exact) mass is 425 g/mol. The molecule has 14 nitrogen and oxygen atoms in total. The van der Waals surface area contributed by atoms with Crippen molar-refractivity contribution in [1.29, 1.82) is 5.41 Å². The first-order chi connectivity index (χ1) is 11.2. The molecule has 5 unspecified atom stereocenters. The molecule has 3 aliphatic rings. The van der Waals surface area contributed by atoms with Crippen molar-refractivity contribution in [1.82, 2.24) is 10.2 Å². The van der Waals surface area contributed by atoms with Gasteiger partial charge in [0.05, 0.1) is 20.8 Å². The number of aliphatic hydroxyl groups is 2. The van der Waals surface area contributed by atoms with E-state index in [1.807, 2.05) is 0 Å². The van der Waals surface area contributed by atoms with Gasteiger partial charge in [0.25, 0.3) is 5.91 Å². The third-order valence-corrected chi connectivity index (χ3v) is 4.04. The van der Waals surface area contributed by atoms with Crippen LogP contribution in [0.25, 0.3) is 0 Å². The van der Waals surface area contributed by atoms with E-state index in [1.165, 1.54) is 0 Å². The van der Waals surface area contributed by atoms with Crippen LogP contribution in [0.15, 0.2) is 9.98 Å². The van der Waals surface area contributed by atoms with E-state index in [-0.39, 0.29) is 70.4 Å². The summed E-state index contributed by atoms with van der Waals surface area (Å²) in [6, 6.07) is -1.02. The number of guanidine groups is 1. The number of amidine groups is 1. The molecule has 140 valence electrons. The average molecular weight is 425 g/mol. The molecule has 0 radical (unpaired) electrons. The van der Waals surface area contributed by atoms with Crippen LogP contribution >= 0.6 is 7.82 Å². The van der Waals surface area contributed by atoms with Crippen LogP contribution in [0, 0.1) is 5.41 Å². The van der Waals surface area contributed by atoms with Gasteiger partial charge in [0.15, 0.2) is 18.1 Å². The summed E-state index contributed by atoms with van der Waals surface area (Å²) < 4.78 is 19.9. The summed E-state index contributed by atoms with van der Waals surface area (Å²) in [6.45, 7) is -0.782. The van der Waals surface area contributed by atoms with Gasteiger partial charge in [-0.1, -0.05) is 0 Å². The molecule has 1 amide bonds. The van der Waals surface area contributed by atoms with Gasteiger partial charge in [-0.25, -0.2) is 0 Å². The van der Waals surface area contributed by atoms with E-state index >= 15 is 0 Å². The molecule has 5 atom stereocenters. The van der Waals surface area contributed by atoms with E-state index in [0.717, 1.165) is 11.2 Å². The van der Waals surface area contributed by atoms with E-state index in [1.54, 1.807) is 0 Å². The predicted octanol–water partition coefficient (Wildman–Crippen LogP) is -11.4. The van der Waals surface area contributed by atoms with Crippen molar-refractivity contribution in [2.45, 2.75) is 30.6 Å². The third kappa shape index (κ3) is 5.87. The summed E-state index contributed by atoms with van der Waals surface area (Å²) in [4.78, 5) is 41.6. The van der Waals surface area contributed by atoms with Gasteiger partial charge in [0.2, 0.25) is 5.96 Å². The molecule has 0 bridgehead atoms. The van der Waals surface area contributed by atoms with Crippen molar-refractivity contribution in [3.8, 4) is 0 Å². The van der Waals surface area contributed by atoms with E-state index in [2.05, 4.69) is 19.8 Å². The van der Waals surface area contributed by atoms with Crippen LogP contribution in [-0.2, 0) is 18.6 Å². The first-order valence-corrected chi connectivity index (χ1v) is 8.11. The van der Waals surface area contributed by atoms with Gasteiger partial charge in [-0.05, 0) is 0 Å². The number of ether oxygens (including phenoxy) is 1. The maximum Gasteiger partial charge on any atom is 1.00 e. The Bertz CT molecular complexity index is 688. The van der Waals surface area contributed by atoms with Crippen molar-refractivity contribution >= 4 is 31.9 Å². The van der Waals surface area contributed by atoms with Crippen LogP contribution < -0.4 is 74.2 Å². The Morgan fingerprint density at radius 3 is 2.59 bits per heavy atom. The Morgan fingerprint density at radius 2 is 2.00 bits per heavy atom. The van der Waals surface area contributed by atoms with Gasteiger partial charge in [0.1, 0.15) is 18.3 Å². The second-order valence-corrected chi connectivity index (χ2v) is 6.32. The molecule has 0 aromatic heterocycles. The van der Waals surface area contributed by atoms with Gasteiger partial charge >= 0.3 is 59.1 Å². The largest absolute Gasteiger partial charge is 1.00 e. The first-order valence-electron chi connectivity index (χ1n) is 6.65. The summed E-state index contributed by atoms with van der Waals surface area (Å²) in [5.74, 6) is -0.997. The fourth-order valence-electron chi connectivity index (χ4n) is 2.49. The molecule has 0 aromatic carbocycles. The summed E-state index contributed by atoms with van der Waals surface area (Å²) in [5.41, 5.74) is 0. The third-order valence-electron chi connectivity index (χ3n) is 3.57. The molecule has 27 heavy (non-hydrogen) atoms. The molecule has 1 saturated heterocycles. The number of phosphoric ester groups is 1. The van der Waals surface area contributed by atoms with Crippen molar-refractivity contribution < 1.29 is 103 Å². The van der Waals surface area contributed by atoms with Crippen molar-refractivity contribution in [2.75, 3.05) is 6.61 Å². The maximum atomic E-state index is 11.7. The summed E-state index contributed by atoms with van der Waals surface area (Å²) in [5, 5.41) is 29.6. The van der Waals surface area contributed by atoms with Crippen LogP contribution in [0.5, 0.6) is 0 Å². The maximum absolute atomic E-state index is 11.7. The van der Waals surface area contributed by atoms with Gasteiger partial charge in [0, 0.05) is 0 Å². The van der Waals surface area contributed by atoms with Crippen LogP contribution in [-0.4, -0.2) is 81.8 Å². The molecule has 3 heterocycles. The molecule has 1 fully saturated rings. The van der Waals surface area contributed by atoms with Crippen molar-refractivity contribution in [2.24, 2.45) is 9.98 Å². The van der Waals surface area contributed by atoms with Gasteiger partial charge in [-0.2, -0.15) is 4.99 Å². The molecule has 0 aromatic rings. The number of aliphatic hydroxyl groups excluding tert-OH is 2. The Kier molecular flexibility index (Phi) is 10.4. The van der Waals surface area contributed by atoms with E-state index in [4.69, 9.17) is 10.1 Å². The number of nitrogens with zero attached hydrogens (tertiary/aromatic N) is 3. The number of hydrogen-bond acceptors (Lipinski definition) is 11. The molecule has 3 aliphatic heterocycles. The SMILES string of the molecule is N=C1N=C2C(N=CN2C2OC(COP(=O)([O-])[O-])C(O)C2O)C(=O)N1.O.[Na+].[Na+]. The number of phosphoric acid groups is 1. The molecule has 0 saturated carbocycles. The number of amides is 1. The molecule has 3 rings (SSSR count). The number of fused-ring (bicyclic) bond motifs is 1. The van der Waals surface area contributed by atoms with Crippen LogP contribution in [0.3, 0.4) is 0 Å². The molecule has 17 heteroatoms. The Morgan fingerprint density at radius 1 is 1.37 bits per heavy atom. The molecule has 0 aliphatic carbocycles. The fourth-order valence-corrected chi connectivity index (χ4v) is 2.82. The number of rotatable bonds is 4. The average Bonchev–Trinajstić information content (AvgIpc) is 3.00. The minimum Gasteiger partial charge on any atom is -0.790 e. The molecule has 6 N–H and O–H groups in total. The zero-order chi connectivity index (χ0) is 17.6. The molecule has 0 spiro atoms. The minimum atomic E-state index is -5.27. The fraction of sp³-hybridized carbons (Fsp3) is 0.600. The first kappa shape index (κ1) is 27.2. The quantitative estimate of drug-likeness (QED) is 0.247. The second kappa shape index (κ2) is 10.3. The minimum absolute atomic E-state index is 0. The van der Waals surface area contributed by atoms with Crippen molar-refractivity contribution in [3.05, 3.63) is 0 Å². The zero-order valence-electron chi connectivity index (χ0n) is 14.3. The van der Waals surface area contributed by atoms with Gasteiger partial charge in [-0.15, -0.1) is 0 Å². The molecular formula is C10H14N5Na2O9P. The van der Waals surface area contributed by atoms with E-state index in [9.17, 15) is 29.4 Å². The van der Waals surface area contributed by atoms with Crippen LogP contribution in [0.1, 0.15) is 0 Å². The zero-order valence-corrected chi connectivity index (χ0v) is 19.2. The van der Waals surface area contributed by atoms with Gasteiger partial charge in [-0.3, -0.25) is 25.4 Å². The predicted molar refractivity (Wildman–Crippen MR) is 75.3 cm³/mol. The summed E-state index contributed by atoms with van der Waals surface area (Å²) in [7, 11) is -5.27.